The third-order valence-electron chi connectivity index (χ3n) is 7.91. The van der Waals surface area contributed by atoms with E-state index in [1.807, 2.05) is 36.4 Å². The van der Waals surface area contributed by atoms with Crippen molar-refractivity contribution in [1.82, 2.24) is 4.90 Å². The Hall–Kier alpha value is -3.22. The largest absolute Gasteiger partial charge is 0.508 e. The summed E-state index contributed by atoms with van der Waals surface area (Å²) >= 11 is 0. The Bertz CT molecular complexity index is 1210. The number of aromatic hydroxyl groups is 1. The molecule has 0 radical (unpaired) electrons. The summed E-state index contributed by atoms with van der Waals surface area (Å²) in [4.78, 5) is 2.16. The van der Waals surface area contributed by atoms with Gasteiger partial charge in [0.1, 0.15) is 23.9 Å². The monoisotopic (exact) mass is 518 g/mol. The molecule has 0 saturated heterocycles. The van der Waals surface area contributed by atoms with Gasteiger partial charge in [-0.05, 0) is 112 Å². The number of benzene rings is 3. The number of methoxy groups -OCH3 is 1. The summed E-state index contributed by atoms with van der Waals surface area (Å²) in [6.45, 7) is 4.93. The fourth-order valence-electron chi connectivity index (χ4n) is 4.93. The van der Waals surface area contributed by atoms with E-state index in [4.69, 9.17) is 9.47 Å². The van der Waals surface area contributed by atoms with Crippen LogP contribution in [0.4, 0.5) is 5.69 Å². The van der Waals surface area contributed by atoms with Gasteiger partial charge in [0.25, 0.3) is 0 Å². The van der Waals surface area contributed by atoms with E-state index in [-0.39, 0.29) is 18.2 Å². The number of rotatable bonds is 11. The molecule has 2 atom stereocenters. The van der Waals surface area contributed by atoms with E-state index < -0.39 is 0 Å². The zero-order valence-electron chi connectivity index (χ0n) is 23.3. The number of nitrogens with one attached hydrogen (secondary N) is 1. The van der Waals surface area contributed by atoms with Crippen molar-refractivity contribution in [3.8, 4) is 17.2 Å². The average Bonchev–Trinajstić information content (AvgIpc) is 2.91. The Balaban J connectivity index is 1.46. The smallest absolute Gasteiger partial charge is 0.120 e. The third kappa shape index (κ3) is 6.80. The van der Waals surface area contributed by atoms with E-state index in [1.54, 1.807) is 13.2 Å². The molecule has 0 spiro atoms. The fraction of sp³-hybridized carbons (Fsp3) is 0.438. The molecule has 3 aromatic carbocycles. The van der Waals surface area contributed by atoms with Gasteiger partial charge in [0, 0.05) is 17.3 Å². The van der Waals surface area contributed by atoms with E-state index in [0.717, 1.165) is 42.0 Å². The van der Waals surface area contributed by atoms with Crippen molar-refractivity contribution < 1.29 is 19.7 Å². The second-order valence-electron chi connectivity index (χ2n) is 11.2. The summed E-state index contributed by atoms with van der Waals surface area (Å²) < 4.78 is 11.5. The molecule has 3 N–H and O–H groups in total. The molecule has 0 bridgehead atoms. The maximum Gasteiger partial charge on any atom is 0.120 e. The lowest BCUT2D eigenvalue weighted by molar-refractivity contribution is 0.114. The lowest BCUT2D eigenvalue weighted by Gasteiger charge is -2.32. The minimum absolute atomic E-state index is 0.0126. The van der Waals surface area contributed by atoms with Crippen LogP contribution in [0.2, 0.25) is 0 Å². The van der Waals surface area contributed by atoms with Gasteiger partial charge in [0.05, 0.1) is 19.8 Å². The van der Waals surface area contributed by atoms with Crippen LogP contribution in [0.3, 0.4) is 0 Å². The Morgan fingerprint density at radius 3 is 2.42 bits per heavy atom. The number of fused-ring (bicyclic) bond motifs is 1. The van der Waals surface area contributed by atoms with Crippen LogP contribution in [-0.2, 0) is 19.3 Å². The first kappa shape index (κ1) is 27.8. The maximum absolute atomic E-state index is 10.3. The second kappa shape index (κ2) is 12.1. The quantitative estimate of drug-likeness (QED) is 0.315. The maximum atomic E-state index is 10.3. The van der Waals surface area contributed by atoms with Crippen molar-refractivity contribution in [3.63, 3.8) is 0 Å². The van der Waals surface area contributed by atoms with Gasteiger partial charge in [-0.2, -0.15) is 0 Å². The summed E-state index contributed by atoms with van der Waals surface area (Å²) in [6, 6.07) is 19.9. The molecular formula is C32H42N2O4. The van der Waals surface area contributed by atoms with Gasteiger partial charge in [0.2, 0.25) is 0 Å². The molecule has 3 aromatic rings. The number of aryl methyl sites for hydroxylation is 1. The third-order valence-corrected chi connectivity index (χ3v) is 7.91. The highest BCUT2D eigenvalue weighted by Gasteiger charge is 2.24. The number of nitrogens with zero attached hydrogens (tertiary/aromatic N) is 1. The van der Waals surface area contributed by atoms with Gasteiger partial charge >= 0.3 is 0 Å². The fourth-order valence-corrected chi connectivity index (χ4v) is 4.93. The van der Waals surface area contributed by atoms with Crippen molar-refractivity contribution in [2.24, 2.45) is 0 Å². The van der Waals surface area contributed by atoms with E-state index in [9.17, 15) is 10.2 Å². The summed E-state index contributed by atoms with van der Waals surface area (Å²) in [5, 5.41) is 23.7. The van der Waals surface area contributed by atoms with Crippen LogP contribution in [0.1, 0.15) is 48.4 Å². The highest BCUT2D eigenvalue weighted by atomic mass is 16.5. The van der Waals surface area contributed by atoms with Crippen molar-refractivity contribution in [3.05, 3.63) is 82.9 Å². The topological polar surface area (TPSA) is 74.2 Å². The Labute approximate surface area is 227 Å². The normalized spacial score (nSPS) is 16.1. The molecule has 6 heteroatoms. The van der Waals surface area contributed by atoms with Crippen LogP contribution in [0.5, 0.6) is 17.2 Å². The summed E-state index contributed by atoms with van der Waals surface area (Å²) in [7, 11) is 5.79. The highest BCUT2D eigenvalue weighted by molar-refractivity contribution is 5.58. The average molecular weight is 519 g/mol. The van der Waals surface area contributed by atoms with Gasteiger partial charge in [-0.3, -0.25) is 0 Å². The van der Waals surface area contributed by atoms with Gasteiger partial charge in [-0.1, -0.05) is 24.3 Å². The molecule has 0 saturated carbocycles. The molecule has 0 amide bonds. The lowest BCUT2D eigenvalue weighted by atomic mass is 9.79. The first-order valence-electron chi connectivity index (χ1n) is 13.4. The van der Waals surface area contributed by atoms with Crippen molar-refractivity contribution in [2.75, 3.05) is 39.7 Å². The first-order chi connectivity index (χ1) is 18.2. The summed E-state index contributed by atoms with van der Waals surface area (Å²) in [5.74, 6) is 2.31. The van der Waals surface area contributed by atoms with Crippen LogP contribution in [0.15, 0.2) is 60.7 Å². The van der Waals surface area contributed by atoms with Gasteiger partial charge in [-0.15, -0.1) is 0 Å². The first-order valence-corrected chi connectivity index (χ1v) is 13.4. The van der Waals surface area contributed by atoms with Crippen molar-refractivity contribution in [1.29, 1.82) is 0 Å². The number of ether oxygens (including phenoxy) is 2. The summed E-state index contributed by atoms with van der Waals surface area (Å²) in [5.41, 5.74) is 5.83. The van der Waals surface area contributed by atoms with E-state index in [0.29, 0.717) is 24.7 Å². The molecule has 6 nitrogen and oxygen atoms in total. The van der Waals surface area contributed by atoms with Crippen LogP contribution in [0.25, 0.3) is 0 Å². The van der Waals surface area contributed by atoms with Crippen molar-refractivity contribution >= 4 is 5.69 Å². The molecule has 0 heterocycles. The molecule has 0 fully saturated rings. The number of phenols is 1. The van der Waals surface area contributed by atoms with Crippen LogP contribution >= 0.6 is 0 Å². The predicted molar refractivity (Wildman–Crippen MR) is 154 cm³/mol. The molecule has 1 unspecified atom stereocenters. The number of hydrogen-bond donors (Lipinski definition) is 3. The van der Waals surface area contributed by atoms with E-state index in [2.05, 4.69) is 56.4 Å². The zero-order chi connectivity index (χ0) is 27.3. The number of phenolic OH excluding ortho intramolecular Hbond substituents is 1. The minimum Gasteiger partial charge on any atom is -0.508 e. The van der Waals surface area contributed by atoms with Gasteiger partial charge in [-0.25, -0.2) is 0 Å². The predicted octanol–water partition coefficient (Wildman–Crippen LogP) is 5.41. The minimum atomic E-state index is -0.145. The molecule has 204 valence electrons. The lowest BCUT2D eigenvalue weighted by Crippen LogP contribution is -2.43. The molecule has 1 aliphatic rings. The van der Waals surface area contributed by atoms with Crippen LogP contribution in [-0.4, -0.2) is 61.1 Å². The standard InChI is InChI=1S/C32H42N2O4/c1-32(2,34(3)4)21-38-28-12-6-22(7-13-28)16-26(20-35)33-31-19-29(37-5)14-15-30(31)25-9-8-24-18-27(36)11-10-23(24)17-25/h6-7,10-15,18-19,25-26,33,35-36H,8-9,16-17,20-21H2,1-5H3/t25?,26-/m1/s1. The van der Waals surface area contributed by atoms with E-state index >= 15 is 0 Å². The molecule has 4 rings (SSSR count). The van der Waals surface area contributed by atoms with Crippen LogP contribution in [0, 0.1) is 0 Å². The number of anilines is 1. The number of aliphatic hydroxyl groups is 1. The number of likely N-dealkylation sites (N-methyl/N-ethyl adjacent to an activating group) is 1. The Morgan fingerprint density at radius 2 is 1.74 bits per heavy atom. The number of hydrogen-bond acceptors (Lipinski definition) is 6. The van der Waals surface area contributed by atoms with E-state index in [1.165, 1.54) is 16.7 Å². The molecule has 0 aliphatic heterocycles. The molecule has 38 heavy (non-hydrogen) atoms. The summed E-state index contributed by atoms with van der Waals surface area (Å²) in [6.07, 6.45) is 3.55. The van der Waals surface area contributed by atoms with Crippen molar-refractivity contribution in [2.45, 2.75) is 57.0 Å². The Morgan fingerprint density at radius 1 is 1.00 bits per heavy atom. The molecular weight excluding hydrogens is 476 g/mol. The highest BCUT2D eigenvalue weighted by Crippen LogP contribution is 2.38. The zero-order valence-corrected chi connectivity index (χ0v) is 23.3. The SMILES string of the molecule is COc1ccc(C2CCc3cc(O)ccc3C2)c(N[C@@H](CO)Cc2ccc(OCC(C)(C)N(C)C)cc2)c1. The van der Waals surface area contributed by atoms with Crippen LogP contribution < -0.4 is 14.8 Å². The van der Waals surface area contributed by atoms with Gasteiger partial charge in [0.15, 0.2) is 0 Å². The second-order valence-corrected chi connectivity index (χ2v) is 11.2. The van der Waals surface area contributed by atoms with Gasteiger partial charge < -0.3 is 29.9 Å². The Kier molecular flexibility index (Phi) is 8.85. The number of aliphatic hydroxyl groups excluding tert-OH is 1. The molecule has 0 aromatic heterocycles. The molecule has 1 aliphatic carbocycles.